The first kappa shape index (κ1) is 18.7. The largest absolute Gasteiger partial charge is 0.493 e. The van der Waals surface area contributed by atoms with Gasteiger partial charge in [-0.15, -0.1) is 0 Å². The van der Waals surface area contributed by atoms with Crippen LogP contribution < -0.4 is 20.1 Å². The number of carbonyl (C=O) groups excluding carboxylic acids is 1. The first-order valence-corrected chi connectivity index (χ1v) is 8.47. The lowest BCUT2D eigenvalue weighted by Gasteiger charge is -2.11. The molecule has 0 unspecified atom stereocenters. The molecule has 0 saturated heterocycles. The van der Waals surface area contributed by atoms with Crippen molar-refractivity contribution in [1.29, 1.82) is 5.26 Å². The molecule has 0 saturated carbocycles. The van der Waals surface area contributed by atoms with Gasteiger partial charge in [0.1, 0.15) is 11.9 Å². The number of nitrogens with one attached hydrogen (secondary N) is 2. The molecule has 0 bridgehead atoms. The number of pyridine rings is 1. The fourth-order valence-electron chi connectivity index (χ4n) is 2.45. The van der Waals surface area contributed by atoms with Crippen LogP contribution in [0.1, 0.15) is 5.56 Å². The third-order valence-electron chi connectivity index (χ3n) is 3.79. The van der Waals surface area contributed by atoms with E-state index in [0.717, 1.165) is 0 Å². The lowest BCUT2D eigenvalue weighted by atomic mass is 10.2. The highest BCUT2D eigenvalue weighted by Gasteiger charge is 2.08. The Morgan fingerprint density at radius 1 is 1.07 bits per heavy atom. The molecular formula is C21H18N4O3. The Balaban J connectivity index is 1.56. The maximum atomic E-state index is 12.1. The summed E-state index contributed by atoms with van der Waals surface area (Å²) in [5.41, 5.74) is 1.92. The van der Waals surface area contributed by atoms with Gasteiger partial charge in [-0.3, -0.25) is 4.79 Å². The van der Waals surface area contributed by atoms with Crippen LogP contribution in [-0.4, -0.2) is 24.6 Å². The molecule has 0 aliphatic heterocycles. The maximum Gasteiger partial charge on any atom is 0.263 e. The number of methoxy groups -OCH3 is 1. The standard InChI is InChI=1S/C21H18N4O3/c1-27-18-8-4-5-9-19(18)28-14-21(26)25-20-11-10-16(13-23-20)24-17-7-3-2-6-15(17)12-22/h2-11,13,24H,14H2,1H3,(H,23,25,26). The van der Waals surface area contributed by atoms with Crippen molar-refractivity contribution in [3.8, 4) is 17.6 Å². The topological polar surface area (TPSA) is 96.3 Å². The SMILES string of the molecule is COc1ccccc1OCC(=O)Nc1ccc(Nc2ccccc2C#N)cn1. The summed E-state index contributed by atoms with van der Waals surface area (Å²) in [6, 6.07) is 19.8. The van der Waals surface area contributed by atoms with E-state index >= 15 is 0 Å². The van der Waals surface area contributed by atoms with Crippen LogP contribution in [0.25, 0.3) is 0 Å². The van der Waals surface area contributed by atoms with Crippen molar-refractivity contribution in [1.82, 2.24) is 4.98 Å². The monoisotopic (exact) mass is 374 g/mol. The Labute approximate surface area is 162 Å². The van der Waals surface area contributed by atoms with Crippen LogP contribution in [0.4, 0.5) is 17.2 Å². The van der Waals surface area contributed by atoms with Crippen molar-refractivity contribution < 1.29 is 14.3 Å². The van der Waals surface area contributed by atoms with Gasteiger partial charge in [0.15, 0.2) is 18.1 Å². The minimum Gasteiger partial charge on any atom is -0.493 e. The van der Waals surface area contributed by atoms with Gasteiger partial charge in [-0.1, -0.05) is 24.3 Å². The molecule has 1 aromatic heterocycles. The van der Waals surface area contributed by atoms with Gasteiger partial charge in [-0.25, -0.2) is 4.98 Å². The molecule has 7 nitrogen and oxygen atoms in total. The average Bonchev–Trinajstić information content (AvgIpc) is 2.74. The first-order chi connectivity index (χ1) is 13.7. The molecule has 1 heterocycles. The number of ether oxygens (including phenoxy) is 2. The smallest absolute Gasteiger partial charge is 0.263 e. The van der Waals surface area contributed by atoms with Crippen molar-refractivity contribution in [3.63, 3.8) is 0 Å². The highest BCUT2D eigenvalue weighted by Crippen LogP contribution is 2.25. The third-order valence-corrected chi connectivity index (χ3v) is 3.79. The number of hydrogen-bond acceptors (Lipinski definition) is 6. The van der Waals surface area contributed by atoms with Crippen LogP contribution >= 0.6 is 0 Å². The van der Waals surface area contributed by atoms with E-state index in [4.69, 9.17) is 14.7 Å². The summed E-state index contributed by atoms with van der Waals surface area (Å²) in [6.45, 7) is -0.169. The number of benzene rings is 2. The number of rotatable bonds is 7. The van der Waals surface area contributed by atoms with E-state index in [1.165, 1.54) is 7.11 Å². The summed E-state index contributed by atoms with van der Waals surface area (Å²) in [5.74, 6) is 1.10. The van der Waals surface area contributed by atoms with Gasteiger partial charge in [0.05, 0.1) is 30.2 Å². The van der Waals surface area contributed by atoms with E-state index in [2.05, 4.69) is 21.7 Å². The Morgan fingerprint density at radius 2 is 1.82 bits per heavy atom. The normalized spacial score (nSPS) is 9.86. The van der Waals surface area contributed by atoms with Gasteiger partial charge in [0.2, 0.25) is 0 Å². The summed E-state index contributed by atoms with van der Waals surface area (Å²) in [6.07, 6.45) is 1.57. The second-order valence-electron chi connectivity index (χ2n) is 5.70. The van der Waals surface area contributed by atoms with Crippen LogP contribution in [0.15, 0.2) is 66.9 Å². The minimum absolute atomic E-state index is 0.169. The summed E-state index contributed by atoms with van der Waals surface area (Å²) in [7, 11) is 1.54. The van der Waals surface area contributed by atoms with E-state index < -0.39 is 0 Å². The molecule has 0 atom stereocenters. The molecule has 3 rings (SSSR count). The fourth-order valence-corrected chi connectivity index (χ4v) is 2.45. The van der Waals surface area contributed by atoms with E-state index in [1.54, 1.807) is 48.7 Å². The summed E-state index contributed by atoms with van der Waals surface area (Å²) in [4.78, 5) is 16.3. The number of anilines is 3. The van der Waals surface area contributed by atoms with Crippen molar-refractivity contribution in [2.24, 2.45) is 0 Å². The summed E-state index contributed by atoms with van der Waals surface area (Å²) < 4.78 is 10.7. The highest BCUT2D eigenvalue weighted by molar-refractivity contribution is 5.91. The number of para-hydroxylation sites is 3. The quantitative estimate of drug-likeness (QED) is 0.654. The predicted octanol–water partition coefficient (Wildman–Crippen LogP) is 3.72. The zero-order chi connectivity index (χ0) is 19.8. The Hall–Kier alpha value is -4.05. The van der Waals surface area contributed by atoms with E-state index in [-0.39, 0.29) is 12.5 Å². The van der Waals surface area contributed by atoms with Crippen LogP contribution in [0, 0.1) is 11.3 Å². The number of amides is 1. The predicted molar refractivity (Wildman–Crippen MR) is 106 cm³/mol. The number of aromatic nitrogens is 1. The van der Waals surface area contributed by atoms with E-state index in [0.29, 0.717) is 34.3 Å². The van der Waals surface area contributed by atoms with Crippen LogP contribution in [-0.2, 0) is 4.79 Å². The number of carbonyl (C=O) groups is 1. The molecule has 7 heteroatoms. The Bertz CT molecular complexity index is 997. The molecule has 0 aliphatic rings. The molecule has 140 valence electrons. The Morgan fingerprint density at radius 3 is 2.54 bits per heavy atom. The molecule has 2 aromatic carbocycles. The summed E-state index contributed by atoms with van der Waals surface area (Å²) in [5, 5.41) is 14.9. The number of nitriles is 1. The van der Waals surface area contributed by atoms with Crippen LogP contribution in [0.2, 0.25) is 0 Å². The minimum atomic E-state index is -0.339. The molecule has 3 aromatic rings. The summed E-state index contributed by atoms with van der Waals surface area (Å²) >= 11 is 0. The van der Waals surface area contributed by atoms with Gasteiger partial charge < -0.3 is 20.1 Å². The van der Waals surface area contributed by atoms with E-state index in [9.17, 15) is 4.79 Å². The van der Waals surface area contributed by atoms with Crippen LogP contribution in [0.5, 0.6) is 11.5 Å². The van der Waals surface area contributed by atoms with Gasteiger partial charge in [-0.2, -0.15) is 5.26 Å². The molecular weight excluding hydrogens is 356 g/mol. The zero-order valence-electron chi connectivity index (χ0n) is 15.2. The Kier molecular flexibility index (Phi) is 6.06. The van der Waals surface area contributed by atoms with Crippen molar-refractivity contribution in [3.05, 3.63) is 72.4 Å². The average molecular weight is 374 g/mol. The molecule has 28 heavy (non-hydrogen) atoms. The molecule has 2 N–H and O–H groups in total. The van der Waals surface area contributed by atoms with Gasteiger partial charge in [0.25, 0.3) is 5.91 Å². The highest BCUT2D eigenvalue weighted by atomic mass is 16.5. The first-order valence-electron chi connectivity index (χ1n) is 8.47. The van der Waals surface area contributed by atoms with E-state index in [1.807, 2.05) is 18.2 Å². The van der Waals surface area contributed by atoms with Crippen LogP contribution in [0.3, 0.4) is 0 Å². The molecule has 1 amide bonds. The van der Waals surface area contributed by atoms with Gasteiger partial charge in [0, 0.05) is 0 Å². The lowest BCUT2D eigenvalue weighted by molar-refractivity contribution is -0.118. The molecule has 0 aliphatic carbocycles. The van der Waals surface area contributed by atoms with Crippen molar-refractivity contribution in [2.75, 3.05) is 24.4 Å². The molecule has 0 radical (unpaired) electrons. The number of nitrogens with zero attached hydrogens (tertiary/aromatic N) is 2. The third kappa shape index (κ3) is 4.77. The lowest BCUT2D eigenvalue weighted by Crippen LogP contribution is -2.20. The van der Waals surface area contributed by atoms with Crippen molar-refractivity contribution in [2.45, 2.75) is 0 Å². The maximum absolute atomic E-state index is 12.1. The second-order valence-corrected chi connectivity index (χ2v) is 5.70. The zero-order valence-corrected chi connectivity index (χ0v) is 15.2. The fraction of sp³-hybridized carbons (Fsp3) is 0.0952. The van der Waals surface area contributed by atoms with Gasteiger partial charge >= 0.3 is 0 Å². The second kappa shape index (κ2) is 9.05. The molecule has 0 spiro atoms. The van der Waals surface area contributed by atoms with Crippen molar-refractivity contribution >= 4 is 23.1 Å². The number of hydrogen-bond donors (Lipinski definition) is 2. The molecule has 0 fully saturated rings. The van der Waals surface area contributed by atoms with Gasteiger partial charge in [-0.05, 0) is 36.4 Å².